The second kappa shape index (κ2) is 6.35. The zero-order valence-corrected chi connectivity index (χ0v) is 13.1. The molecule has 0 amide bonds. The molecule has 0 saturated heterocycles. The Balaban J connectivity index is 1.69. The standard InChI is InChI=1S/C16H19N3OS/c1-11(2)7-8-17-16-19-18-13(10-21-16)15-9-12-5-3-4-6-14(12)20-15/h3-6,9,11H,7-8,10H2,1-2H3,(H,17,19). The Morgan fingerprint density at radius 2 is 2.24 bits per heavy atom. The smallest absolute Gasteiger partial charge is 0.177 e. The first-order valence-electron chi connectivity index (χ1n) is 7.21. The summed E-state index contributed by atoms with van der Waals surface area (Å²) in [6.07, 6.45) is 1.10. The Kier molecular flexibility index (Phi) is 4.29. The molecule has 0 atom stereocenters. The molecule has 3 rings (SSSR count). The molecule has 1 aromatic heterocycles. The fourth-order valence-corrected chi connectivity index (χ4v) is 2.85. The molecule has 0 radical (unpaired) electrons. The highest BCUT2D eigenvalue weighted by atomic mass is 32.2. The molecule has 1 aliphatic heterocycles. The molecule has 1 N–H and O–H groups in total. The van der Waals surface area contributed by atoms with Gasteiger partial charge in [0, 0.05) is 17.7 Å². The first kappa shape index (κ1) is 14.2. The highest BCUT2D eigenvalue weighted by Crippen LogP contribution is 2.22. The summed E-state index contributed by atoms with van der Waals surface area (Å²) >= 11 is 1.68. The number of thioether (sulfide) groups is 1. The van der Waals surface area contributed by atoms with Crippen molar-refractivity contribution in [1.29, 1.82) is 0 Å². The molecule has 0 unspecified atom stereocenters. The average molecular weight is 301 g/mol. The molecule has 2 aromatic rings. The van der Waals surface area contributed by atoms with Gasteiger partial charge in [0.25, 0.3) is 0 Å². The quantitative estimate of drug-likeness (QED) is 0.932. The van der Waals surface area contributed by atoms with Crippen molar-refractivity contribution in [1.82, 2.24) is 5.43 Å². The molecule has 1 aliphatic rings. The Labute approximate surface area is 128 Å². The maximum atomic E-state index is 5.83. The van der Waals surface area contributed by atoms with Gasteiger partial charge in [-0.2, -0.15) is 5.10 Å². The number of para-hydroxylation sites is 1. The summed E-state index contributed by atoms with van der Waals surface area (Å²) in [5.74, 6) is 2.29. The lowest BCUT2D eigenvalue weighted by atomic mass is 10.1. The predicted octanol–water partition coefficient (Wildman–Crippen LogP) is 3.88. The number of furan rings is 1. The van der Waals surface area contributed by atoms with Crippen LogP contribution in [-0.2, 0) is 0 Å². The molecule has 0 bridgehead atoms. The summed E-state index contributed by atoms with van der Waals surface area (Å²) in [5, 5.41) is 6.40. The molecule has 0 saturated carbocycles. The lowest BCUT2D eigenvalue weighted by Gasteiger charge is -2.13. The van der Waals surface area contributed by atoms with Gasteiger partial charge in [0.05, 0.1) is 0 Å². The van der Waals surface area contributed by atoms with E-state index in [2.05, 4.69) is 29.4 Å². The number of aliphatic imine (C=N–C) groups is 1. The van der Waals surface area contributed by atoms with Crippen LogP contribution in [0.5, 0.6) is 0 Å². The van der Waals surface area contributed by atoms with Gasteiger partial charge in [-0.15, -0.1) is 0 Å². The first-order valence-corrected chi connectivity index (χ1v) is 8.19. The lowest BCUT2D eigenvalue weighted by Crippen LogP contribution is -2.25. The van der Waals surface area contributed by atoms with Crippen LogP contribution in [0.15, 0.2) is 44.8 Å². The molecular weight excluding hydrogens is 282 g/mol. The van der Waals surface area contributed by atoms with Gasteiger partial charge in [-0.05, 0) is 24.5 Å². The van der Waals surface area contributed by atoms with Crippen LogP contribution in [0.2, 0.25) is 0 Å². The van der Waals surface area contributed by atoms with Crippen molar-refractivity contribution < 1.29 is 4.42 Å². The van der Waals surface area contributed by atoms with Crippen LogP contribution < -0.4 is 5.43 Å². The molecule has 0 spiro atoms. The second-order valence-electron chi connectivity index (χ2n) is 5.48. The zero-order chi connectivity index (χ0) is 14.7. The molecule has 21 heavy (non-hydrogen) atoms. The number of nitrogens with zero attached hydrogens (tertiary/aromatic N) is 2. The maximum Gasteiger partial charge on any atom is 0.177 e. The topological polar surface area (TPSA) is 49.9 Å². The number of hydrazone groups is 1. The van der Waals surface area contributed by atoms with Crippen LogP contribution in [0.1, 0.15) is 26.0 Å². The van der Waals surface area contributed by atoms with E-state index in [0.29, 0.717) is 5.92 Å². The van der Waals surface area contributed by atoms with Gasteiger partial charge in [-0.1, -0.05) is 43.8 Å². The van der Waals surface area contributed by atoms with Gasteiger partial charge in [0.1, 0.15) is 11.3 Å². The van der Waals surface area contributed by atoms with E-state index >= 15 is 0 Å². The van der Waals surface area contributed by atoms with E-state index in [0.717, 1.165) is 46.3 Å². The summed E-state index contributed by atoms with van der Waals surface area (Å²) in [6, 6.07) is 10.0. The SMILES string of the molecule is CC(C)CCN=C1NN=C(c2cc3ccccc3o2)CS1. The monoisotopic (exact) mass is 301 g/mol. The van der Waals surface area contributed by atoms with E-state index in [4.69, 9.17) is 4.42 Å². The van der Waals surface area contributed by atoms with Crippen molar-refractivity contribution in [3.8, 4) is 0 Å². The maximum absolute atomic E-state index is 5.83. The number of hydrogen-bond acceptors (Lipinski definition) is 4. The minimum Gasteiger partial charge on any atom is -0.455 e. The van der Waals surface area contributed by atoms with Gasteiger partial charge >= 0.3 is 0 Å². The van der Waals surface area contributed by atoms with E-state index in [1.54, 1.807) is 11.8 Å². The van der Waals surface area contributed by atoms with E-state index in [1.807, 2.05) is 30.3 Å². The third-order valence-corrected chi connectivity index (χ3v) is 4.22. The Hall–Kier alpha value is -1.75. The number of rotatable bonds is 4. The van der Waals surface area contributed by atoms with Gasteiger partial charge in [0.2, 0.25) is 0 Å². The van der Waals surface area contributed by atoms with Crippen LogP contribution in [0, 0.1) is 5.92 Å². The fourth-order valence-electron chi connectivity index (χ4n) is 2.07. The summed E-state index contributed by atoms with van der Waals surface area (Å²) in [5.41, 5.74) is 4.86. The van der Waals surface area contributed by atoms with Crippen molar-refractivity contribution in [3.63, 3.8) is 0 Å². The van der Waals surface area contributed by atoms with Crippen molar-refractivity contribution in [2.45, 2.75) is 20.3 Å². The van der Waals surface area contributed by atoms with Crippen LogP contribution in [0.4, 0.5) is 0 Å². The molecular formula is C16H19N3OS. The summed E-state index contributed by atoms with van der Waals surface area (Å²) in [7, 11) is 0. The zero-order valence-electron chi connectivity index (χ0n) is 12.3. The molecule has 4 nitrogen and oxygen atoms in total. The number of benzene rings is 1. The number of hydrogen-bond donors (Lipinski definition) is 1. The summed E-state index contributed by atoms with van der Waals surface area (Å²) < 4.78 is 5.83. The van der Waals surface area contributed by atoms with Crippen LogP contribution in [-0.4, -0.2) is 23.2 Å². The van der Waals surface area contributed by atoms with Crippen LogP contribution in [0.25, 0.3) is 11.0 Å². The second-order valence-corrected chi connectivity index (χ2v) is 6.44. The first-order chi connectivity index (χ1) is 10.2. The van der Waals surface area contributed by atoms with E-state index < -0.39 is 0 Å². The highest BCUT2D eigenvalue weighted by Gasteiger charge is 2.16. The largest absolute Gasteiger partial charge is 0.455 e. The van der Waals surface area contributed by atoms with Gasteiger partial charge in [-0.3, -0.25) is 10.4 Å². The van der Waals surface area contributed by atoms with E-state index in [9.17, 15) is 0 Å². The van der Waals surface area contributed by atoms with Gasteiger partial charge in [0.15, 0.2) is 10.9 Å². The van der Waals surface area contributed by atoms with Crippen molar-refractivity contribution in [2.24, 2.45) is 16.0 Å². The normalized spacial score (nSPS) is 17.3. The van der Waals surface area contributed by atoms with Crippen molar-refractivity contribution in [2.75, 3.05) is 12.3 Å². The molecule has 0 fully saturated rings. The Morgan fingerprint density at radius 1 is 1.38 bits per heavy atom. The molecule has 2 heterocycles. The lowest BCUT2D eigenvalue weighted by molar-refractivity contribution is 0.596. The Bertz CT molecular complexity index is 655. The molecule has 5 heteroatoms. The fraction of sp³-hybridized carbons (Fsp3) is 0.375. The molecule has 110 valence electrons. The Morgan fingerprint density at radius 3 is 2.95 bits per heavy atom. The van der Waals surface area contributed by atoms with Crippen molar-refractivity contribution in [3.05, 3.63) is 36.1 Å². The molecule has 0 aliphatic carbocycles. The predicted molar refractivity (Wildman–Crippen MR) is 90.1 cm³/mol. The summed E-state index contributed by atoms with van der Waals surface area (Å²) in [4.78, 5) is 4.53. The third-order valence-electron chi connectivity index (χ3n) is 3.30. The minimum atomic E-state index is 0.678. The minimum absolute atomic E-state index is 0.678. The van der Waals surface area contributed by atoms with Crippen molar-refractivity contribution >= 4 is 33.6 Å². The van der Waals surface area contributed by atoms with E-state index in [1.165, 1.54) is 0 Å². The van der Waals surface area contributed by atoms with Crippen LogP contribution in [0.3, 0.4) is 0 Å². The van der Waals surface area contributed by atoms with Gasteiger partial charge < -0.3 is 4.42 Å². The molecule has 1 aromatic carbocycles. The highest BCUT2D eigenvalue weighted by molar-refractivity contribution is 8.14. The summed E-state index contributed by atoms with van der Waals surface area (Å²) in [6.45, 7) is 5.27. The number of amidine groups is 1. The number of nitrogens with one attached hydrogen (secondary N) is 1. The van der Waals surface area contributed by atoms with Gasteiger partial charge in [-0.25, -0.2) is 0 Å². The number of fused-ring (bicyclic) bond motifs is 1. The third kappa shape index (κ3) is 3.47. The average Bonchev–Trinajstić information content (AvgIpc) is 2.91. The van der Waals surface area contributed by atoms with E-state index in [-0.39, 0.29) is 0 Å². The van der Waals surface area contributed by atoms with Crippen LogP contribution >= 0.6 is 11.8 Å².